The summed E-state index contributed by atoms with van der Waals surface area (Å²) in [6, 6.07) is 5.30. The second kappa shape index (κ2) is 7.54. The maximum absolute atomic E-state index is 13.2. The number of halogens is 1. The lowest BCUT2D eigenvalue weighted by atomic mass is 9.66. The van der Waals surface area contributed by atoms with Gasteiger partial charge in [-0.3, -0.25) is 9.59 Å². The summed E-state index contributed by atoms with van der Waals surface area (Å²) in [5.41, 5.74) is 1.44. The predicted molar refractivity (Wildman–Crippen MR) is 99.8 cm³/mol. The molecule has 0 N–H and O–H groups in total. The molecule has 2 rings (SSSR count). The highest BCUT2D eigenvalue weighted by atomic mass is 35.5. The summed E-state index contributed by atoms with van der Waals surface area (Å²) < 4.78 is 16.2. The van der Waals surface area contributed by atoms with Crippen molar-refractivity contribution in [2.75, 3.05) is 20.1 Å². The fourth-order valence-electron chi connectivity index (χ4n) is 3.22. The van der Waals surface area contributed by atoms with Crippen LogP contribution >= 0.6 is 11.6 Å². The molecule has 1 aliphatic rings. The third kappa shape index (κ3) is 3.12. The molecule has 1 unspecified atom stereocenters. The zero-order valence-corrected chi connectivity index (χ0v) is 16.6. The van der Waals surface area contributed by atoms with E-state index >= 15 is 0 Å². The van der Waals surface area contributed by atoms with E-state index in [4.69, 9.17) is 25.8 Å². The van der Waals surface area contributed by atoms with Crippen LogP contribution in [0.5, 0.6) is 11.5 Å². The van der Waals surface area contributed by atoms with Gasteiger partial charge in [0.2, 0.25) is 0 Å². The van der Waals surface area contributed by atoms with Crippen LogP contribution in [0.15, 0.2) is 40.7 Å². The first-order chi connectivity index (χ1) is 12.2. The van der Waals surface area contributed by atoms with E-state index in [1.165, 1.54) is 7.11 Å². The SMILES string of the molecule is COc1ccc(C2(C)C(=O)C(C)=C(C)C(OC(=O)CCl)=C2C)c(OC)c1. The van der Waals surface area contributed by atoms with Crippen molar-refractivity contribution in [1.29, 1.82) is 0 Å². The van der Waals surface area contributed by atoms with E-state index in [2.05, 4.69) is 0 Å². The van der Waals surface area contributed by atoms with Crippen LogP contribution in [0.25, 0.3) is 0 Å². The Morgan fingerprint density at radius 2 is 1.77 bits per heavy atom. The number of hydrogen-bond donors (Lipinski definition) is 0. The molecule has 5 nitrogen and oxygen atoms in total. The molecular formula is C20H23ClO5. The largest absolute Gasteiger partial charge is 0.497 e. The van der Waals surface area contributed by atoms with Crippen molar-refractivity contribution < 1.29 is 23.8 Å². The number of allylic oxidation sites excluding steroid dienone is 3. The molecule has 0 aliphatic heterocycles. The van der Waals surface area contributed by atoms with Crippen LogP contribution in [0.1, 0.15) is 33.3 Å². The van der Waals surface area contributed by atoms with Crippen LogP contribution in [-0.2, 0) is 19.7 Å². The van der Waals surface area contributed by atoms with E-state index in [1.807, 2.05) is 0 Å². The zero-order chi connectivity index (χ0) is 19.6. The van der Waals surface area contributed by atoms with Gasteiger partial charge >= 0.3 is 5.97 Å². The standard InChI is InChI=1S/C20H23ClO5/c1-11-12(2)19(23)20(4,13(3)18(11)26-17(22)10-21)15-8-7-14(24-5)9-16(15)25-6/h7-9H,10H2,1-6H3. The van der Waals surface area contributed by atoms with E-state index in [1.54, 1.807) is 53.0 Å². The lowest BCUT2D eigenvalue weighted by Gasteiger charge is -2.36. The number of rotatable bonds is 5. The molecule has 1 aromatic carbocycles. The van der Waals surface area contributed by atoms with Gasteiger partial charge in [-0.25, -0.2) is 0 Å². The van der Waals surface area contributed by atoms with Crippen molar-refractivity contribution in [3.8, 4) is 11.5 Å². The summed E-state index contributed by atoms with van der Waals surface area (Å²) >= 11 is 5.59. The molecule has 0 heterocycles. The van der Waals surface area contributed by atoms with E-state index in [-0.39, 0.29) is 11.7 Å². The Labute approximate surface area is 158 Å². The van der Waals surface area contributed by atoms with Crippen LogP contribution in [0.3, 0.4) is 0 Å². The summed E-state index contributed by atoms with van der Waals surface area (Å²) in [4.78, 5) is 25.0. The third-order valence-corrected chi connectivity index (χ3v) is 5.28. The van der Waals surface area contributed by atoms with Gasteiger partial charge in [0.25, 0.3) is 0 Å². The fraction of sp³-hybridized carbons (Fsp3) is 0.400. The molecule has 0 aromatic heterocycles. The average molecular weight is 379 g/mol. The minimum atomic E-state index is -1.04. The van der Waals surface area contributed by atoms with Gasteiger partial charge in [0.1, 0.15) is 23.1 Å². The van der Waals surface area contributed by atoms with E-state index < -0.39 is 11.4 Å². The molecule has 0 saturated carbocycles. The maximum atomic E-state index is 13.2. The molecule has 0 fully saturated rings. The first kappa shape index (κ1) is 20.0. The predicted octanol–water partition coefficient (Wildman–Crippen LogP) is 3.94. The Balaban J connectivity index is 2.73. The molecule has 0 spiro atoms. The summed E-state index contributed by atoms with van der Waals surface area (Å²) in [5.74, 6) is 0.632. The van der Waals surface area contributed by atoms with Gasteiger partial charge in [-0.2, -0.15) is 0 Å². The highest BCUT2D eigenvalue weighted by Crippen LogP contribution is 2.46. The Kier molecular flexibility index (Phi) is 5.81. The highest BCUT2D eigenvalue weighted by molar-refractivity contribution is 6.26. The van der Waals surface area contributed by atoms with Gasteiger partial charge in [-0.15, -0.1) is 11.6 Å². The second-order valence-electron chi connectivity index (χ2n) is 6.33. The van der Waals surface area contributed by atoms with Crippen molar-refractivity contribution in [2.45, 2.75) is 33.1 Å². The van der Waals surface area contributed by atoms with E-state index in [0.717, 1.165) is 0 Å². The van der Waals surface area contributed by atoms with Crippen molar-refractivity contribution in [3.63, 3.8) is 0 Å². The van der Waals surface area contributed by atoms with E-state index in [9.17, 15) is 9.59 Å². The normalized spacial score (nSPS) is 20.3. The number of hydrogen-bond acceptors (Lipinski definition) is 5. The third-order valence-electron chi connectivity index (χ3n) is 5.06. The average Bonchev–Trinajstić information content (AvgIpc) is 2.67. The second-order valence-corrected chi connectivity index (χ2v) is 6.60. The maximum Gasteiger partial charge on any atom is 0.326 e. The topological polar surface area (TPSA) is 61.8 Å². The Hall–Kier alpha value is -2.27. The number of ketones is 1. The minimum absolute atomic E-state index is 0.0679. The number of carbonyl (C=O) groups excluding carboxylic acids is 2. The number of esters is 1. The molecule has 26 heavy (non-hydrogen) atoms. The van der Waals surface area contributed by atoms with Crippen molar-refractivity contribution >= 4 is 23.4 Å². The molecule has 1 aromatic rings. The first-order valence-electron chi connectivity index (χ1n) is 8.15. The first-order valence-corrected chi connectivity index (χ1v) is 8.68. The summed E-state index contributed by atoms with van der Waals surface area (Å²) in [6.45, 7) is 7.08. The Morgan fingerprint density at radius 1 is 1.12 bits per heavy atom. The van der Waals surface area contributed by atoms with Gasteiger partial charge in [-0.05, 0) is 50.5 Å². The van der Waals surface area contributed by atoms with Gasteiger partial charge in [0, 0.05) is 11.6 Å². The van der Waals surface area contributed by atoms with E-state index in [0.29, 0.717) is 39.5 Å². The molecular weight excluding hydrogens is 356 g/mol. The highest BCUT2D eigenvalue weighted by Gasteiger charge is 2.45. The molecule has 1 aliphatic carbocycles. The van der Waals surface area contributed by atoms with Crippen LogP contribution in [0.4, 0.5) is 0 Å². The van der Waals surface area contributed by atoms with Crippen LogP contribution < -0.4 is 9.47 Å². The molecule has 0 bridgehead atoms. The molecule has 140 valence electrons. The van der Waals surface area contributed by atoms with Crippen LogP contribution in [-0.4, -0.2) is 31.9 Å². The van der Waals surface area contributed by atoms with Crippen molar-refractivity contribution in [3.05, 3.63) is 46.2 Å². The molecule has 1 atom stereocenters. The number of benzene rings is 1. The van der Waals surface area contributed by atoms with Gasteiger partial charge in [0.15, 0.2) is 5.78 Å². The monoisotopic (exact) mass is 378 g/mol. The molecule has 0 saturated heterocycles. The smallest absolute Gasteiger partial charge is 0.326 e. The van der Waals surface area contributed by atoms with Gasteiger partial charge in [0.05, 0.1) is 19.6 Å². The van der Waals surface area contributed by atoms with Gasteiger partial charge in [-0.1, -0.05) is 6.07 Å². The van der Waals surface area contributed by atoms with Crippen LogP contribution in [0.2, 0.25) is 0 Å². The fourth-order valence-corrected chi connectivity index (χ4v) is 3.28. The molecule has 6 heteroatoms. The van der Waals surface area contributed by atoms with Crippen molar-refractivity contribution in [1.82, 2.24) is 0 Å². The Bertz CT molecular complexity index is 821. The Morgan fingerprint density at radius 3 is 2.31 bits per heavy atom. The summed E-state index contributed by atoms with van der Waals surface area (Å²) in [5, 5.41) is 0. The number of methoxy groups -OCH3 is 2. The summed E-state index contributed by atoms with van der Waals surface area (Å²) in [6.07, 6.45) is 0. The lowest BCUT2D eigenvalue weighted by Crippen LogP contribution is -2.39. The zero-order valence-electron chi connectivity index (χ0n) is 15.9. The number of ether oxygens (including phenoxy) is 3. The van der Waals surface area contributed by atoms with Crippen molar-refractivity contribution in [2.24, 2.45) is 0 Å². The number of carbonyl (C=O) groups is 2. The number of Topliss-reactive ketones (excluding diaryl/α,β-unsaturated/α-hetero) is 1. The minimum Gasteiger partial charge on any atom is -0.497 e. The lowest BCUT2D eigenvalue weighted by molar-refractivity contribution is -0.136. The molecule has 0 radical (unpaired) electrons. The number of alkyl halides is 1. The summed E-state index contributed by atoms with van der Waals surface area (Å²) in [7, 11) is 3.10. The molecule has 0 amide bonds. The van der Waals surface area contributed by atoms with Crippen LogP contribution in [0, 0.1) is 0 Å². The van der Waals surface area contributed by atoms with Gasteiger partial charge < -0.3 is 14.2 Å². The quantitative estimate of drug-likeness (QED) is 0.573.